The van der Waals surface area contributed by atoms with Gasteiger partial charge in [0.05, 0.1) is 17.7 Å². The van der Waals surface area contributed by atoms with Crippen LogP contribution in [0.2, 0.25) is 0 Å². The van der Waals surface area contributed by atoms with Crippen molar-refractivity contribution in [3.05, 3.63) is 119 Å². The van der Waals surface area contributed by atoms with Crippen molar-refractivity contribution in [2.75, 3.05) is 26.4 Å². The number of pyridine rings is 1. The molecule has 262 valence electrons. The summed E-state index contributed by atoms with van der Waals surface area (Å²) in [7, 11) is 0. The summed E-state index contributed by atoms with van der Waals surface area (Å²) in [6.45, 7) is 3.24. The molecule has 1 N–H and O–H groups in total. The number of nitrogens with zero attached hydrogens (tertiary/aromatic N) is 2. The zero-order valence-corrected chi connectivity index (χ0v) is 28.0. The molecule has 8 nitrogen and oxygen atoms in total. The largest absolute Gasteiger partial charge is 0.494 e. The Labute approximate surface area is 293 Å². The smallest absolute Gasteiger partial charge is 0.418 e. The summed E-state index contributed by atoms with van der Waals surface area (Å²) in [5.74, 6) is 1.38. The number of aromatic nitrogens is 1. The molecule has 2 aliphatic rings. The molecule has 51 heavy (non-hydrogen) atoms. The second-order valence-electron chi connectivity index (χ2n) is 12.6. The van der Waals surface area contributed by atoms with E-state index in [0.717, 1.165) is 17.2 Å². The molecule has 3 heterocycles. The van der Waals surface area contributed by atoms with Crippen LogP contribution in [0.5, 0.6) is 17.2 Å². The number of benzene rings is 4. The van der Waals surface area contributed by atoms with Crippen molar-refractivity contribution in [2.24, 2.45) is 0 Å². The van der Waals surface area contributed by atoms with Gasteiger partial charge in [-0.25, -0.2) is 4.79 Å². The predicted octanol–water partition coefficient (Wildman–Crippen LogP) is 8.30. The Balaban J connectivity index is 1.05. The SMILES string of the molecule is CCC1(c2ccc3c(c2)OCCO3)NC(=O)N(CCCCOc2cccc(-c3c(Cc4ccccc4)cnc4c(C(F)(F)F)cccc34)c2)C1=O. The minimum atomic E-state index is -4.56. The fourth-order valence-corrected chi connectivity index (χ4v) is 6.86. The Bertz CT molecular complexity index is 2090. The standard InChI is InChI=1S/C40H36F3N3O5/c1-2-39(29-16-17-33-34(24-29)51-21-20-50-33)37(47)46(38(48)45-39)18-6-7-19-49-30-13-8-12-27(23-30)35-28(22-26-10-4-3-5-11-26)25-44-36-31(35)14-9-15-32(36)40(41,42)43/h3-5,8-17,23-25H,2,6-7,18-22H2,1H3,(H,45,48). The number of fused-ring (bicyclic) bond motifs is 2. The first-order chi connectivity index (χ1) is 24.7. The van der Waals surface area contributed by atoms with Crippen LogP contribution >= 0.6 is 0 Å². The van der Waals surface area contributed by atoms with Gasteiger partial charge in [0.25, 0.3) is 5.91 Å². The number of rotatable bonds is 11. The summed E-state index contributed by atoms with van der Waals surface area (Å²) in [5.41, 5.74) is 1.72. The predicted molar refractivity (Wildman–Crippen MR) is 186 cm³/mol. The van der Waals surface area contributed by atoms with Crippen LogP contribution in [0, 0.1) is 0 Å². The number of para-hydroxylation sites is 1. The molecule has 7 rings (SSSR count). The number of halogens is 3. The van der Waals surface area contributed by atoms with Crippen LogP contribution in [-0.2, 0) is 22.9 Å². The molecule has 0 aliphatic carbocycles. The molecule has 3 amide bonds. The number of unbranched alkanes of at least 4 members (excludes halogenated alkanes) is 1. The third-order valence-electron chi connectivity index (χ3n) is 9.43. The second kappa shape index (κ2) is 14.0. The molecule has 0 spiro atoms. The first-order valence-electron chi connectivity index (χ1n) is 17.0. The highest BCUT2D eigenvalue weighted by molar-refractivity contribution is 6.07. The van der Waals surface area contributed by atoms with Gasteiger partial charge in [-0.15, -0.1) is 0 Å². The van der Waals surface area contributed by atoms with Crippen molar-refractivity contribution in [3.8, 4) is 28.4 Å². The van der Waals surface area contributed by atoms with E-state index in [1.165, 1.54) is 17.2 Å². The molecule has 5 aromatic rings. The van der Waals surface area contributed by atoms with Crippen LogP contribution in [0.15, 0.2) is 97.2 Å². The van der Waals surface area contributed by atoms with Gasteiger partial charge in [0.2, 0.25) is 0 Å². The van der Waals surface area contributed by atoms with E-state index in [4.69, 9.17) is 14.2 Å². The highest BCUT2D eigenvalue weighted by Crippen LogP contribution is 2.41. The van der Waals surface area contributed by atoms with E-state index >= 15 is 0 Å². The highest BCUT2D eigenvalue weighted by Gasteiger charge is 2.51. The molecular weight excluding hydrogens is 659 g/mol. The van der Waals surface area contributed by atoms with Crippen molar-refractivity contribution < 1.29 is 37.0 Å². The van der Waals surface area contributed by atoms with Crippen LogP contribution < -0.4 is 19.5 Å². The lowest BCUT2D eigenvalue weighted by Crippen LogP contribution is -2.43. The van der Waals surface area contributed by atoms with Gasteiger partial charge < -0.3 is 19.5 Å². The van der Waals surface area contributed by atoms with Crippen molar-refractivity contribution >= 4 is 22.8 Å². The Hall–Kier alpha value is -5.58. The molecule has 0 bridgehead atoms. The van der Waals surface area contributed by atoms with E-state index < -0.39 is 23.3 Å². The Morgan fingerprint density at radius 3 is 2.47 bits per heavy atom. The summed E-state index contributed by atoms with van der Waals surface area (Å²) in [4.78, 5) is 32.3. The van der Waals surface area contributed by atoms with E-state index in [2.05, 4.69) is 10.3 Å². The van der Waals surface area contributed by atoms with Gasteiger partial charge in [0.1, 0.15) is 24.5 Å². The molecule has 0 saturated carbocycles. The Kier molecular flexibility index (Phi) is 9.29. The quantitative estimate of drug-likeness (QED) is 0.111. The number of hydrogen-bond acceptors (Lipinski definition) is 6. The lowest BCUT2D eigenvalue weighted by molar-refractivity contribution is -0.136. The number of carbonyl (C=O) groups excluding carboxylic acids is 2. The van der Waals surface area contributed by atoms with E-state index in [0.29, 0.717) is 84.8 Å². The number of amides is 3. The number of nitrogens with one attached hydrogen (secondary N) is 1. The molecule has 1 saturated heterocycles. The van der Waals surface area contributed by atoms with Gasteiger partial charge >= 0.3 is 12.2 Å². The van der Waals surface area contributed by atoms with Crippen molar-refractivity contribution in [1.82, 2.24) is 15.2 Å². The van der Waals surface area contributed by atoms with E-state index in [9.17, 15) is 22.8 Å². The molecule has 1 fully saturated rings. The maximum atomic E-state index is 14.0. The van der Waals surface area contributed by atoms with Crippen LogP contribution in [0.3, 0.4) is 0 Å². The minimum Gasteiger partial charge on any atom is -0.494 e. The van der Waals surface area contributed by atoms with Crippen molar-refractivity contribution in [3.63, 3.8) is 0 Å². The number of ether oxygens (including phenoxy) is 3. The summed E-state index contributed by atoms with van der Waals surface area (Å²) in [6, 6.07) is 26.0. The summed E-state index contributed by atoms with van der Waals surface area (Å²) >= 11 is 0. The number of imide groups is 1. The van der Waals surface area contributed by atoms with Gasteiger partial charge in [-0.05, 0) is 83.8 Å². The van der Waals surface area contributed by atoms with Crippen LogP contribution in [0.1, 0.15) is 48.4 Å². The number of alkyl halides is 3. The zero-order chi connectivity index (χ0) is 35.6. The third-order valence-corrected chi connectivity index (χ3v) is 9.43. The Morgan fingerprint density at radius 1 is 0.902 bits per heavy atom. The fraction of sp³-hybridized carbons (Fsp3) is 0.275. The molecule has 0 radical (unpaired) electrons. The fourth-order valence-electron chi connectivity index (χ4n) is 6.86. The number of carbonyl (C=O) groups is 2. The molecule has 11 heteroatoms. The zero-order valence-electron chi connectivity index (χ0n) is 28.0. The molecular formula is C40H36F3N3O5. The average Bonchev–Trinajstić information content (AvgIpc) is 3.39. The van der Waals surface area contributed by atoms with Gasteiger partial charge in [0.15, 0.2) is 11.5 Å². The van der Waals surface area contributed by atoms with E-state index in [1.54, 1.807) is 30.3 Å². The molecule has 2 aliphatic heterocycles. The summed E-state index contributed by atoms with van der Waals surface area (Å²) in [6.07, 6.45) is -1.11. The lowest BCUT2D eigenvalue weighted by Gasteiger charge is -2.27. The second-order valence-corrected chi connectivity index (χ2v) is 12.6. The van der Waals surface area contributed by atoms with Crippen molar-refractivity contribution in [1.29, 1.82) is 0 Å². The average molecular weight is 696 g/mol. The lowest BCUT2D eigenvalue weighted by atomic mass is 9.87. The maximum absolute atomic E-state index is 14.0. The van der Waals surface area contributed by atoms with Gasteiger partial charge in [0, 0.05) is 18.1 Å². The van der Waals surface area contributed by atoms with Crippen LogP contribution in [-0.4, -0.2) is 48.2 Å². The number of hydrogen-bond donors (Lipinski definition) is 1. The van der Waals surface area contributed by atoms with Crippen molar-refractivity contribution in [2.45, 2.75) is 44.3 Å². The first kappa shape index (κ1) is 33.9. The Morgan fingerprint density at radius 2 is 1.69 bits per heavy atom. The van der Waals surface area contributed by atoms with Crippen LogP contribution in [0.25, 0.3) is 22.0 Å². The molecule has 1 aromatic heterocycles. The van der Waals surface area contributed by atoms with Gasteiger partial charge in [-0.2, -0.15) is 13.2 Å². The third kappa shape index (κ3) is 6.68. The monoisotopic (exact) mass is 695 g/mol. The van der Waals surface area contributed by atoms with Gasteiger partial charge in [-0.1, -0.05) is 67.6 Å². The number of urea groups is 1. The van der Waals surface area contributed by atoms with E-state index in [-0.39, 0.29) is 18.0 Å². The molecule has 1 atom stereocenters. The summed E-state index contributed by atoms with van der Waals surface area (Å²) < 4.78 is 59.4. The van der Waals surface area contributed by atoms with Crippen LogP contribution in [0.4, 0.5) is 18.0 Å². The normalized spacial score (nSPS) is 17.1. The maximum Gasteiger partial charge on any atom is 0.418 e. The first-order valence-corrected chi connectivity index (χ1v) is 17.0. The minimum absolute atomic E-state index is 0.107. The highest BCUT2D eigenvalue weighted by atomic mass is 19.4. The summed E-state index contributed by atoms with van der Waals surface area (Å²) in [5, 5.41) is 3.32. The molecule has 1 unspecified atom stereocenters. The molecule has 4 aromatic carbocycles. The van der Waals surface area contributed by atoms with E-state index in [1.807, 2.05) is 55.5 Å². The van der Waals surface area contributed by atoms with Gasteiger partial charge in [-0.3, -0.25) is 14.7 Å². The topological polar surface area (TPSA) is 90.0 Å².